The Bertz CT molecular complexity index is 404. The van der Waals surface area contributed by atoms with Crippen LogP contribution in [0.3, 0.4) is 0 Å². The third kappa shape index (κ3) is 4.03. The first-order valence-electron chi connectivity index (χ1n) is 7.83. The number of halogens is 1. The van der Waals surface area contributed by atoms with Crippen molar-refractivity contribution in [3.05, 3.63) is 35.6 Å². The van der Waals surface area contributed by atoms with Crippen LogP contribution in [-0.2, 0) is 0 Å². The Morgan fingerprint density at radius 2 is 2.05 bits per heavy atom. The topological polar surface area (TPSA) is 15.3 Å². The molecule has 20 heavy (non-hydrogen) atoms. The van der Waals surface area contributed by atoms with Crippen LogP contribution in [0, 0.1) is 11.7 Å². The lowest BCUT2D eigenvalue weighted by atomic mass is 10.0. The summed E-state index contributed by atoms with van der Waals surface area (Å²) in [4.78, 5) is 2.54. The van der Waals surface area contributed by atoms with E-state index in [1.54, 1.807) is 12.1 Å². The molecule has 1 aromatic rings. The number of hydrogen-bond acceptors (Lipinski definition) is 2. The third-order valence-corrected chi connectivity index (χ3v) is 4.46. The Kier molecular flexibility index (Phi) is 5.55. The van der Waals surface area contributed by atoms with Crippen molar-refractivity contribution in [3.8, 4) is 0 Å². The van der Waals surface area contributed by atoms with E-state index in [0.717, 1.165) is 19.6 Å². The van der Waals surface area contributed by atoms with Crippen LogP contribution in [0.1, 0.15) is 45.2 Å². The molecule has 112 valence electrons. The van der Waals surface area contributed by atoms with Gasteiger partial charge in [-0.1, -0.05) is 26.0 Å². The fraction of sp³-hybridized carbons (Fsp3) is 0.647. The molecular formula is C17H27FN2. The van der Waals surface area contributed by atoms with E-state index >= 15 is 0 Å². The van der Waals surface area contributed by atoms with Gasteiger partial charge in [0.05, 0.1) is 0 Å². The van der Waals surface area contributed by atoms with E-state index in [4.69, 9.17) is 0 Å². The number of nitrogens with zero attached hydrogens (tertiary/aromatic N) is 1. The molecule has 2 nitrogen and oxygen atoms in total. The van der Waals surface area contributed by atoms with Crippen LogP contribution >= 0.6 is 0 Å². The summed E-state index contributed by atoms with van der Waals surface area (Å²) in [6, 6.07) is 7.94. The van der Waals surface area contributed by atoms with Gasteiger partial charge in [0.2, 0.25) is 0 Å². The van der Waals surface area contributed by atoms with Crippen LogP contribution in [0.15, 0.2) is 24.3 Å². The minimum absolute atomic E-state index is 0.155. The Morgan fingerprint density at radius 1 is 1.35 bits per heavy atom. The average Bonchev–Trinajstić information content (AvgIpc) is 2.43. The largest absolute Gasteiger partial charge is 0.314 e. The molecule has 1 saturated heterocycles. The predicted octanol–water partition coefficient (Wildman–Crippen LogP) is 3.60. The van der Waals surface area contributed by atoms with Crippen LogP contribution in [0.4, 0.5) is 4.39 Å². The van der Waals surface area contributed by atoms with Crippen molar-refractivity contribution in [2.75, 3.05) is 19.6 Å². The molecule has 0 bridgehead atoms. The summed E-state index contributed by atoms with van der Waals surface area (Å²) < 4.78 is 13.0. The number of rotatable bonds is 3. The molecule has 0 saturated carbocycles. The first kappa shape index (κ1) is 15.5. The van der Waals surface area contributed by atoms with E-state index in [-0.39, 0.29) is 5.82 Å². The van der Waals surface area contributed by atoms with E-state index in [0.29, 0.717) is 18.0 Å². The van der Waals surface area contributed by atoms with Gasteiger partial charge >= 0.3 is 0 Å². The third-order valence-electron chi connectivity index (χ3n) is 4.46. The van der Waals surface area contributed by atoms with Gasteiger partial charge in [-0.3, -0.25) is 4.90 Å². The molecule has 0 amide bonds. The number of hydrogen-bond donors (Lipinski definition) is 1. The smallest absolute Gasteiger partial charge is 0.123 e. The predicted molar refractivity (Wildman–Crippen MR) is 82.3 cm³/mol. The van der Waals surface area contributed by atoms with Gasteiger partial charge in [0.15, 0.2) is 0 Å². The summed E-state index contributed by atoms with van der Waals surface area (Å²) in [6.45, 7) is 10.1. The second kappa shape index (κ2) is 7.19. The molecule has 0 aromatic heterocycles. The average molecular weight is 278 g/mol. The van der Waals surface area contributed by atoms with Crippen molar-refractivity contribution in [1.29, 1.82) is 0 Å². The number of nitrogens with one attached hydrogen (secondary N) is 1. The minimum Gasteiger partial charge on any atom is -0.314 e. The highest BCUT2D eigenvalue weighted by atomic mass is 19.1. The molecule has 2 rings (SSSR count). The molecule has 0 spiro atoms. The number of benzene rings is 1. The standard InChI is InChI=1S/C17H27FN2/c1-4-17-9-10-20(12-13(2)11-19-17)14(3)15-5-7-16(18)8-6-15/h5-8,13-14,17,19H,4,9-12H2,1-3H3. The summed E-state index contributed by atoms with van der Waals surface area (Å²) >= 11 is 0. The van der Waals surface area contributed by atoms with Crippen molar-refractivity contribution in [2.45, 2.75) is 45.7 Å². The van der Waals surface area contributed by atoms with E-state index in [9.17, 15) is 4.39 Å². The van der Waals surface area contributed by atoms with Gasteiger partial charge in [-0.25, -0.2) is 4.39 Å². The summed E-state index contributed by atoms with van der Waals surface area (Å²) in [5, 5.41) is 3.65. The van der Waals surface area contributed by atoms with Gasteiger partial charge in [0, 0.05) is 25.2 Å². The molecule has 0 aliphatic carbocycles. The van der Waals surface area contributed by atoms with Crippen molar-refractivity contribution < 1.29 is 4.39 Å². The maximum Gasteiger partial charge on any atom is 0.123 e. The van der Waals surface area contributed by atoms with E-state index in [1.165, 1.54) is 18.4 Å². The normalized spacial score (nSPS) is 26.8. The highest BCUT2D eigenvalue weighted by molar-refractivity contribution is 5.19. The quantitative estimate of drug-likeness (QED) is 0.909. The molecular weight excluding hydrogens is 251 g/mol. The van der Waals surface area contributed by atoms with Gasteiger partial charge in [0.1, 0.15) is 5.82 Å². The molecule has 1 heterocycles. The second-order valence-electron chi connectivity index (χ2n) is 6.13. The van der Waals surface area contributed by atoms with Gasteiger partial charge in [-0.2, -0.15) is 0 Å². The van der Waals surface area contributed by atoms with Crippen molar-refractivity contribution in [3.63, 3.8) is 0 Å². The Labute approximate surface area is 122 Å². The summed E-state index contributed by atoms with van der Waals surface area (Å²) in [5.41, 5.74) is 1.21. The lowest BCUT2D eigenvalue weighted by Gasteiger charge is -2.36. The fourth-order valence-corrected chi connectivity index (χ4v) is 3.00. The van der Waals surface area contributed by atoms with Crippen LogP contribution in [0.2, 0.25) is 0 Å². The first-order chi connectivity index (χ1) is 9.60. The maximum atomic E-state index is 13.0. The zero-order valence-corrected chi connectivity index (χ0v) is 12.9. The molecule has 1 N–H and O–H groups in total. The van der Waals surface area contributed by atoms with Crippen LogP contribution in [-0.4, -0.2) is 30.6 Å². The minimum atomic E-state index is -0.155. The lowest BCUT2D eigenvalue weighted by Crippen LogP contribution is -2.44. The maximum absolute atomic E-state index is 13.0. The molecule has 1 fully saturated rings. The lowest BCUT2D eigenvalue weighted by molar-refractivity contribution is 0.153. The van der Waals surface area contributed by atoms with Crippen LogP contribution < -0.4 is 5.32 Å². The van der Waals surface area contributed by atoms with E-state index in [1.807, 2.05) is 12.1 Å². The van der Waals surface area contributed by atoms with Crippen LogP contribution in [0.5, 0.6) is 0 Å². The first-order valence-corrected chi connectivity index (χ1v) is 7.83. The summed E-state index contributed by atoms with van der Waals surface area (Å²) in [6.07, 6.45) is 2.38. The zero-order valence-electron chi connectivity index (χ0n) is 12.9. The van der Waals surface area contributed by atoms with Gasteiger partial charge in [0.25, 0.3) is 0 Å². The highest BCUT2D eigenvalue weighted by Gasteiger charge is 2.22. The zero-order chi connectivity index (χ0) is 14.5. The molecule has 0 radical (unpaired) electrons. The van der Waals surface area contributed by atoms with E-state index in [2.05, 4.69) is 31.0 Å². The van der Waals surface area contributed by atoms with Gasteiger partial charge in [-0.15, -0.1) is 0 Å². The summed E-state index contributed by atoms with van der Waals surface area (Å²) in [5.74, 6) is 0.490. The Hall–Kier alpha value is -0.930. The van der Waals surface area contributed by atoms with E-state index < -0.39 is 0 Å². The Morgan fingerprint density at radius 3 is 2.70 bits per heavy atom. The monoisotopic (exact) mass is 278 g/mol. The molecule has 1 aliphatic heterocycles. The molecule has 1 aliphatic rings. The van der Waals surface area contributed by atoms with Crippen LogP contribution in [0.25, 0.3) is 0 Å². The highest BCUT2D eigenvalue weighted by Crippen LogP contribution is 2.23. The molecule has 3 heteroatoms. The SMILES string of the molecule is CCC1CCN(C(C)c2ccc(F)cc2)CC(C)CN1. The fourth-order valence-electron chi connectivity index (χ4n) is 3.00. The van der Waals surface area contributed by atoms with Gasteiger partial charge < -0.3 is 5.32 Å². The van der Waals surface area contributed by atoms with Crippen molar-refractivity contribution >= 4 is 0 Å². The van der Waals surface area contributed by atoms with Gasteiger partial charge in [-0.05, 0) is 49.9 Å². The van der Waals surface area contributed by atoms with Crippen molar-refractivity contribution in [1.82, 2.24) is 10.2 Å². The molecule has 1 aromatic carbocycles. The Balaban J connectivity index is 2.06. The van der Waals surface area contributed by atoms with Crippen molar-refractivity contribution in [2.24, 2.45) is 5.92 Å². The second-order valence-corrected chi connectivity index (χ2v) is 6.13. The molecule has 3 unspecified atom stereocenters. The molecule has 3 atom stereocenters. The summed E-state index contributed by atoms with van der Waals surface area (Å²) in [7, 11) is 0.